The normalized spacial score (nSPS) is 12.8. The summed E-state index contributed by atoms with van der Waals surface area (Å²) in [7, 11) is 0. The van der Waals surface area contributed by atoms with E-state index in [-0.39, 0.29) is 11.8 Å². The van der Waals surface area contributed by atoms with Gasteiger partial charge in [-0.2, -0.15) is 0 Å². The number of rotatable bonds is 3. The van der Waals surface area contributed by atoms with Crippen LogP contribution in [0.25, 0.3) is 0 Å². The zero-order valence-electron chi connectivity index (χ0n) is 9.75. The van der Waals surface area contributed by atoms with E-state index in [9.17, 15) is 0 Å². The first-order valence-corrected chi connectivity index (χ1v) is 5.63. The summed E-state index contributed by atoms with van der Waals surface area (Å²) in [5, 5.41) is 9.17. The summed E-state index contributed by atoms with van der Waals surface area (Å²) in [5.41, 5.74) is 2.19. The third kappa shape index (κ3) is 3.18. The molecule has 2 aromatic carbocycles. The summed E-state index contributed by atoms with van der Waals surface area (Å²) in [6.45, 7) is 2.06. The molecule has 0 saturated carbocycles. The Kier molecular flexibility index (Phi) is 3.55. The smallest absolute Gasteiger partial charge is 0.115 e. The molecule has 0 radical (unpaired) electrons. The molecule has 1 atom stereocenters. The van der Waals surface area contributed by atoms with Crippen LogP contribution in [0.3, 0.4) is 0 Å². The van der Waals surface area contributed by atoms with Crippen molar-refractivity contribution in [3.8, 4) is 5.75 Å². The van der Waals surface area contributed by atoms with Gasteiger partial charge in [0.15, 0.2) is 0 Å². The van der Waals surface area contributed by atoms with E-state index < -0.39 is 0 Å². The minimum atomic E-state index is 0.144. The lowest BCUT2D eigenvalue weighted by Crippen LogP contribution is -1.90. The molecule has 2 aromatic rings. The number of hydrogen-bond acceptors (Lipinski definition) is 2. The van der Waals surface area contributed by atoms with E-state index in [1.807, 2.05) is 36.5 Å². The van der Waals surface area contributed by atoms with Gasteiger partial charge in [0.25, 0.3) is 0 Å². The second-order valence-corrected chi connectivity index (χ2v) is 3.96. The number of phenols is 1. The van der Waals surface area contributed by atoms with E-state index in [2.05, 4.69) is 24.0 Å². The molecule has 0 spiro atoms. The highest BCUT2D eigenvalue weighted by Crippen LogP contribution is 2.16. The van der Waals surface area contributed by atoms with Crippen molar-refractivity contribution in [3.63, 3.8) is 0 Å². The SMILES string of the molecule is C[C@@H](N=Cc1ccc(O)cc1)c1ccccc1. The van der Waals surface area contributed by atoms with Crippen molar-refractivity contribution in [1.29, 1.82) is 0 Å². The first kappa shape index (κ1) is 11.4. The largest absolute Gasteiger partial charge is 0.508 e. The van der Waals surface area contributed by atoms with Gasteiger partial charge in [-0.1, -0.05) is 30.3 Å². The topological polar surface area (TPSA) is 32.6 Å². The molecular weight excluding hydrogens is 210 g/mol. The highest BCUT2D eigenvalue weighted by molar-refractivity contribution is 5.79. The molecule has 2 heteroatoms. The lowest BCUT2D eigenvalue weighted by Gasteiger charge is -2.05. The summed E-state index contributed by atoms with van der Waals surface area (Å²) in [6, 6.07) is 17.3. The molecule has 0 aromatic heterocycles. The maximum absolute atomic E-state index is 9.17. The van der Waals surface area contributed by atoms with Gasteiger partial charge in [0.1, 0.15) is 5.75 Å². The zero-order valence-corrected chi connectivity index (χ0v) is 9.75. The van der Waals surface area contributed by atoms with Gasteiger partial charge in [-0.3, -0.25) is 4.99 Å². The van der Waals surface area contributed by atoms with Crippen molar-refractivity contribution >= 4 is 6.21 Å². The summed E-state index contributed by atoms with van der Waals surface area (Å²) >= 11 is 0. The van der Waals surface area contributed by atoms with E-state index in [0.29, 0.717) is 0 Å². The monoisotopic (exact) mass is 225 g/mol. The van der Waals surface area contributed by atoms with Gasteiger partial charge in [0.05, 0.1) is 6.04 Å². The van der Waals surface area contributed by atoms with Crippen LogP contribution >= 0.6 is 0 Å². The second-order valence-electron chi connectivity index (χ2n) is 3.96. The summed E-state index contributed by atoms with van der Waals surface area (Å²) < 4.78 is 0. The third-order valence-electron chi connectivity index (χ3n) is 2.62. The molecule has 0 aliphatic carbocycles. The molecule has 0 bridgehead atoms. The van der Waals surface area contributed by atoms with Crippen LogP contribution in [-0.2, 0) is 0 Å². The van der Waals surface area contributed by atoms with E-state index in [4.69, 9.17) is 5.11 Å². The second kappa shape index (κ2) is 5.30. The Morgan fingerprint density at radius 1 is 1.00 bits per heavy atom. The van der Waals surface area contributed by atoms with Gasteiger partial charge in [-0.25, -0.2) is 0 Å². The number of hydrogen-bond donors (Lipinski definition) is 1. The van der Waals surface area contributed by atoms with Gasteiger partial charge in [0.2, 0.25) is 0 Å². The zero-order chi connectivity index (χ0) is 12.1. The minimum absolute atomic E-state index is 0.144. The fourth-order valence-corrected chi connectivity index (χ4v) is 1.58. The predicted molar refractivity (Wildman–Crippen MR) is 70.6 cm³/mol. The van der Waals surface area contributed by atoms with Crippen LogP contribution in [0.4, 0.5) is 0 Å². The molecule has 2 nitrogen and oxygen atoms in total. The van der Waals surface area contributed by atoms with Crippen molar-refractivity contribution in [2.75, 3.05) is 0 Å². The van der Waals surface area contributed by atoms with Crippen molar-refractivity contribution in [2.24, 2.45) is 4.99 Å². The lowest BCUT2D eigenvalue weighted by molar-refractivity contribution is 0.475. The van der Waals surface area contributed by atoms with Crippen molar-refractivity contribution < 1.29 is 5.11 Å². The minimum Gasteiger partial charge on any atom is -0.508 e. The van der Waals surface area contributed by atoms with Crippen LogP contribution in [0.2, 0.25) is 0 Å². The molecule has 0 aliphatic heterocycles. The molecule has 0 heterocycles. The maximum atomic E-state index is 9.17. The molecule has 2 rings (SSSR count). The van der Waals surface area contributed by atoms with Crippen molar-refractivity contribution in [2.45, 2.75) is 13.0 Å². The molecule has 0 aliphatic rings. The first-order valence-electron chi connectivity index (χ1n) is 5.63. The van der Waals surface area contributed by atoms with Gasteiger partial charge < -0.3 is 5.11 Å². The Morgan fingerprint density at radius 3 is 2.29 bits per heavy atom. The van der Waals surface area contributed by atoms with Crippen molar-refractivity contribution in [1.82, 2.24) is 0 Å². The highest BCUT2D eigenvalue weighted by atomic mass is 16.3. The molecule has 0 saturated heterocycles. The Labute approximate surface area is 101 Å². The molecule has 1 N–H and O–H groups in total. The van der Waals surface area contributed by atoms with Crippen LogP contribution in [0, 0.1) is 0 Å². The van der Waals surface area contributed by atoms with Crippen LogP contribution in [-0.4, -0.2) is 11.3 Å². The average Bonchev–Trinajstić information content (AvgIpc) is 2.39. The Bertz CT molecular complexity index is 488. The maximum Gasteiger partial charge on any atom is 0.115 e. The van der Waals surface area contributed by atoms with Crippen LogP contribution in [0.5, 0.6) is 5.75 Å². The molecular formula is C15H15NO. The number of phenolic OH excluding ortho intramolecular Hbond substituents is 1. The Hall–Kier alpha value is -2.09. The first-order chi connectivity index (χ1) is 8.25. The third-order valence-corrected chi connectivity index (χ3v) is 2.62. The van der Waals surface area contributed by atoms with Gasteiger partial charge in [-0.15, -0.1) is 0 Å². The van der Waals surface area contributed by atoms with E-state index >= 15 is 0 Å². The number of aromatic hydroxyl groups is 1. The summed E-state index contributed by atoms with van der Waals surface area (Å²) in [5.74, 6) is 0.276. The molecule has 0 unspecified atom stereocenters. The van der Waals surface area contributed by atoms with Gasteiger partial charge in [0, 0.05) is 6.21 Å². The molecule has 17 heavy (non-hydrogen) atoms. The van der Waals surface area contributed by atoms with Crippen molar-refractivity contribution in [3.05, 3.63) is 65.7 Å². The summed E-state index contributed by atoms with van der Waals surface area (Å²) in [6.07, 6.45) is 1.83. The number of nitrogens with zero attached hydrogens (tertiary/aromatic N) is 1. The Morgan fingerprint density at radius 2 is 1.65 bits per heavy atom. The lowest BCUT2D eigenvalue weighted by atomic mass is 10.1. The average molecular weight is 225 g/mol. The standard InChI is InChI=1S/C15H15NO/c1-12(14-5-3-2-4-6-14)16-11-13-7-9-15(17)10-8-13/h2-12,17H,1H3/t12-/m1/s1. The quantitative estimate of drug-likeness (QED) is 0.796. The fourth-order valence-electron chi connectivity index (χ4n) is 1.58. The van der Waals surface area contributed by atoms with E-state index in [1.165, 1.54) is 5.56 Å². The predicted octanol–water partition coefficient (Wildman–Crippen LogP) is 3.57. The number of benzene rings is 2. The highest BCUT2D eigenvalue weighted by Gasteiger charge is 2.00. The van der Waals surface area contributed by atoms with Crippen LogP contribution < -0.4 is 0 Å². The van der Waals surface area contributed by atoms with Gasteiger partial charge in [-0.05, 0) is 42.3 Å². The van der Waals surface area contributed by atoms with Crippen LogP contribution in [0.1, 0.15) is 24.1 Å². The molecule has 0 amide bonds. The summed E-state index contributed by atoms with van der Waals surface area (Å²) in [4.78, 5) is 4.49. The van der Waals surface area contributed by atoms with Crippen LogP contribution in [0.15, 0.2) is 59.6 Å². The Balaban J connectivity index is 2.08. The molecule has 0 fully saturated rings. The fraction of sp³-hybridized carbons (Fsp3) is 0.133. The number of aliphatic imine (C=N–C) groups is 1. The molecule has 86 valence electrons. The van der Waals surface area contributed by atoms with E-state index in [0.717, 1.165) is 5.56 Å². The van der Waals surface area contributed by atoms with E-state index in [1.54, 1.807) is 12.1 Å². The van der Waals surface area contributed by atoms with Gasteiger partial charge >= 0.3 is 0 Å².